The second-order valence-corrected chi connectivity index (χ2v) is 11.5. The van der Waals surface area contributed by atoms with Crippen LogP contribution in [0.4, 0.5) is 0 Å². The molecule has 33 heavy (non-hydrogen) atoms. The lowest BCUT2D eigenvalue weighted by molar-refractivity contribution is 0.0670. The van der Waals surface area contributed by atoms with Gasteiger partial charge in [-0.1, -0.05) is 47.1 Å². The molecule has 1 fully saturated rings. The Morgan fingerprint density at radius 2 is 1.88 bits per heavy atom. The van der Waals surface area contributed by atoms with Gasteiger partial charge in [0.05, 0.1) is 11.5 Å². The van der Waals surface area contributed by atoms with E-state index in [4.69, 9.17) is 16.1 Å². The van der Waals surface area contributed by atoms with Crippen molar-refractivity contribution in [2.75, 3.05) is 11.5 Å². The highest BCUT2D eigenvalue weighted by Gasteiger charge is 2.36. The van der Waals surface area contributed by atoms with E-state index in [-0.39, 0.29) is 29.7 Å². The summed E-state index contributed by atoms with van der Waals surface area (Å²) in [6.07, 6.45) is 4.93. The van der Waals surface area contributed by atoms with Crippen LogP contribution in [-0.4, -0.2) is 41.9 Å². The van der Waals surface area contributed by atoms with Crippen LogP contribution in [0.2, 0.25) is 5.02 Å². The topological polar surface area (TPSA) is 80.5 Å². The number of amides is 1. The van der Waals surface area contributed by atoms with Gasteiger partial charge in [0, 0.05) is 29.2 Å². The third-order valence-corrected chi connectivity index (χ3v) is 8.69. The van der Waals surface area contributed by atoms with Crippen LogP contribution in [0.5, 0.6) is 0 Å². The molecule has 172 valence electrons. The molecule has 0 radical (unpaired) electrons. The fourth-order valence-corrected chi connectivity index (χ4v) is 6.67. The number of hydrogen-bond donors (Lipinski definition) is 0. The Hall–Kier alpha value is -2.64. The van der Waals surface area contributed by atoms with Crippen molar-refractivity contribution >= 4 is 27.3 Å². The monoisotopic (exact) mass is 484 g/mol. The van der Waals surface area contributed by atoms with Gasteiger partial charge in [-0.3, -0.25) is 4.79 Å². The minimum atomic E-state index is -3.18. The van der Waals surface area contributed by atoms with Crippen molar-refractivity contribution < 1.29 is 17.7 Å². The Labute approximate surface area is 198 Å². The zero-order chi connectivity index (χ0) is 23.0. The maximum Gasteiger partial charge on any atom is 0.276 e. The molecule has 2 aliphatic rings. The minimum Gasteiger partial charge on any atom is -0.355 e. The molecule has 0 bridgehead atoms. The molecule has 0 saturated carbocycles. The first-order valence-electron chi connectivity index (χ1n) is 11.2. The number of fused-ring (bicyclic) bond motifs is 1. The Morgan fingerprint density at radius 3 is 2.64 bits per heavy atom. The van der Waals surface area contributed by atoms with E-state index < -0.39 is 15.9 Å². The minimum absolute atomic E-state index is 0.0568. The normalized spacial score (nSPS) is 19.2. The van der Waals surface area contributed by atoms with Crippen molar-refractivity contribution in [2.45, 2.75) is 44.7 Å². The molecule has 0 N–H and O–H groups in total. The maximum absolute atomic E-state index is 13.5. The summed E-state index contributed by atoms with van der Waals surface area (Å²) in [4.78, 5) is 15.1. The van der Waals surface area contributed by atoms with Crippen LogP contribution >= 0.6 is 11.6 Å². The van der Waals surface area contributed by atoms with Gasteiger partial charge in [0.25, 0.3) is 5.91 Å². The van der Waals surface area contributed by atoms with Crippen LogP contribution < -0.4 is 0 Å². The molecular weight excluding hydrogens is 460 g/mol. The number of aromatic nitrogens is 1. The molecular formula is C25H25ClN2O4S. The summed E-state index contributed by atoms with van der Waals surface area (Å²) in [5.74, 6) is 0.190. The zero-order valence-corrected chi connectivity index (χ0v) is 19.7. The van der Waals surface area contributed by atoms with Gasteiger partial charge in [0.2, 0.25) is 0 Å². The number of carbonyl (C=O) groups is 1. The van der Waals surface area contributed by atoms with E-state index in [1.54, 1.807) is 17.0 Å². The summed E-state index contributed by atoms with van der Waals surface area (Å²) >= 11 is 6.33. The van der Waals surface area contributed by atoms with E-state index in [0.29, 0.717) is 17.2 Å². The molecule has 1 aliphatic heterocycles. The third kappa shape index (κ3) is 4.70. The molecule has 0 unspecified atom stereocenters. The molecule has 3 aromatic rings. The highest BCUT2D eigenvalue weighted by molar-refractivity contribution is 7.91. The summed E-state index contributed by atoms with van der Waals surface area (Å²) < 4.78 is 29.8. The van der Waals surface area contributed by atoms with Crippen molar-refractivity contribution in [2.24, 2.45) is 0 Å². The summed E-state index contributed by atoms with van der Waals surface area (Å²) in [5, 5.41) is 4.58. The number of carbonyl (C=O) groups excluding carboxylic acids is 1. The van der Waals surface area contributed by atoms with Crippen LogP contribution in [-0.2, 0) is 29.2 Å². The van der Waals surface area contributed by atoms with E-state index in [9.17, 15) is 13.2 Å². The Morgan fingerprint density at radius 1 is 1.09 bits per heavy atom. The molecule has 1 atom stereocenters. The van der Waals surface area contributed by atoms with Crippen molar-refractivity contribution in [1.82, 2.24) is 10.1 Å². The SMILES string of the molecule is O=C(c1cc(-c2ccc3c(c2)CCCC3)on1)N(Cc1ccccc1Cl)[C@@H]1CCS(=O)(=O)C1. The second-order valence-electron chi connectivity index (χ2n) is 8.85. The van der Waals surface area contributed by atoms with Gasteiger partial charge in [-0.2, -0.15) is 0 Å². The van der Waals surface area contributed by atoms with Gasteiger partial charge in [-0.25, -0.2) is 8.42 Å². The highest BCUT2D eigenvalue weighted by atomic mass is 35.5. The molecule has 1 aliphatic carbocycles. The van der Waals surface area contributed by atoms with E-state index in [0.717, 1.165) is 24.0 Å². The summed E-state index contributed by atoms with van der Waals surface area (Å²) in [6.45, 7) is 0.208. The van der Waals surface area contributed by atoms with Crippen molar-refractivity contribution in [3.05, 3.63) is 75.9 Å². The molecule has 2 aromatic carbocycles. The third-order valence-electron chi connectivity index (χ3n) is 6.57. The first-order chi connectivity index (χ1) is 15.9. The molecule has 1 amide bonds. The van der Waals surface area contributed by atoms with E-state index >= 15 is 0 Å². The number of hydrogen-bond acceptors (Lipinski definition) is 5. The van der Waals surface area contributed by atoms with Crippen LogP contribution in [0.15, 0.2) is 53.1 Å². The molecule has 6 nitrogen and oxygen atoms in total. The lowest BCUT2D eigenvalue weighted by Crippen LogP contribution is -2.40. The highest BCUT2D eigenvalue weighted by Crippen LogP contribution is 2.29. The molecule has 0 spiro atoms. The first-order valence-corrected chi connectivity index (χ1v) is 13.4. The number of aryl methyl sites for hydroxylation is 2. The first kappa shape index (κ1) is 22.2. The van der Waals surface area contributed by atoms with Gasteiger partial charge < -0.3 is 9.42 Å². The van der Waals surface area contributed by atoms with Gasteiger partial charge in [0.1, 0.15) is 0 Å². The molecule has 2 heterocycles. The maximum atomic E-state index is 13.5. The zero-order valence-electron chi connectivity index (χ0n) is 18.2. The number of benzene rings is 2. The number of halogens is 1. The van der Waals surface area contributed by atoms with Crippen molar-refractivity contribution in [3.8, 4) is 11.3 Å². The molecule has 5 rings (SSSR count). The van der Waals surface area contributed by atoms with E-state index in [2.05, 4.69) is 17.3 Å². The number of nitrogens with zero attached hydrogens (tertiary/aromatic N) is 2. The fourth-order valence-electron chi connectivity index (χ4n) is 4.74. The predicted octanol–water partition coefficient (Wildman–Crippen LogP) is 4.70. The number of rotatable bonds is 5. The quantitative estimate of drug-likeness (QED) is 0.524. The largest absolute Gasteiger partial charge is 0.355 e. The fraction of sp³-hybridized carbons (Fsp3) is 0.360. The van der Waals surface area contributed by atoms with Gasteiger partial charge >= 0.3 is 0 Å². The summed E-state index contributed by atoms with van der Waals surface area (Å²) in [6, 6.07) is 14.7. The second kappa shape index (κ2) is 8.95. The Bertz CT molecular complexity index is 1300. The Kier molecular flexibility index (Phi) is 6.01. The van der Waals surface area contributed by atoms with E-state index in [1.807, 2.05) is 24.3 Å². The van der Waals surface area contributed by atoms with Gasteiger partial charge in [-0.15, -0.1) is 0 Å². The average molecular weight is 485 g/mol. The van der Waals surface area contributed by atoms with Crippen molar-refractivity contribution in [3.63, 3.8) is 0 Å². The van der Waals surface area contributed by atoms with Gasteiger partial charge in [-0.05, 0) is 60.9 Å². The van der Waals surface area contributed by atoms with Crippen LogP contribution in [0.25, 0.3) is 11.3 Å². The lowest BCUT2D eigenvalue weighted by Gasteiger charge is -2.28. The van der Waals surface area contributed by atoms with Crippen LogP contribution in [0.1, 0.15) is 46.4 Å². The summed E-state index contributed by atoms with van der Waals surface area (Å²) in [7, 11) is -3.18. The molecule has 1 saturated heterocycles. The predicted molar refractivity (Wildman–Crippen MR) is 127 cm³/mol. The molecule has 1 aromatic heterocycles. The average Bonchev–Trinajstić information content (AvgIpc) is 3.44. The standard InChI is InChI=1S/C25H25ClN2O4S/c26-22-8-4-3-7-20(22)15-28(21-11-12-33(30,31)16-21)25(29)23-14-24(32-27-23)19-10-9-17-5-1-2-6-18(17)13-19/h3-4,7-10,13-14,21H,1-2,5-6,11-12,15-16H2/t21-/m1/s1. The van der Waals surface area contributed by atoms with Crippen LogP contribution in [0.3, 0.4) is 0 Å². The summed E-state index contributed by atoms with van der Waals surface area (Å²) in [5.41, 5.74) is 4.51. The van der Waals surface area contributed by atoms with E-state index in [1.165, 1.54) is 24.0 Å². The lowest BCUT2D eigenvalue weighted by atomic mass is 9.90. The smallest absolute Gasteiger partial charge is 0.276 e. The molecule has 8 heteroatoms. The van der Waals surface area contributed by atoms with Gasteiger partial charge in [0.15, 0.2) is 21.3 Å². The Balaban J connectivity index is 1.43. The van der Waals surface area contributed by atoms with Crippen LogP contribution in [0, 0.1) is 0 Å². The number of sulfone groups is 1. The van der Waals surface area contributed by atoms with Crippen molar-refractivity contribution in [1.29, 1.82) is 0 Å².